The van der Waals surface area contributed by atoms with Crippen LogP contribution in [0.3, 0.4) is 0 Å². The third-order valence-electron chi connectivity index (χ3n) is 3.17. The van der Waals surface area contributed by atoms with Crippen LogP contribution in [0.2, 0.25) is 0 Å². The van der Waals surface area contributed by atoms with Gasteiger partial charge in [0.2, 0.25) is 10.0 Å². The van der Waals surface area contributed by atoms with Crippen molar-refractivity contribution >= 4 is 21.7 Å². The average Bonchev–Trinajstić information content (AvgIpc) is 2.80. The minimum absolute atomic E-state index is 0.173. The molecule has 0 radical (unpaired) electrons. The number of amidine groups is 1. The van der Waals surface area contributed by atoms with Crippen LogP contribution in [0.4, 0.5) is 5.82 Å². The van der Waals surface area contributed by atoms with Crippen LogP contribution in [0.25, 0.3) is 0 Å². The Balaban J connectivity index is 2.27. The van der Waals surface area contributed by atoms with Gasteiger partial charge in [-0.2, -0.15) is 5.10 Å². The fourth-order valence-corrected chi connectivity index (χ4v) is 3.50. The van der Waals surface area contributed by atoms with Crippen molar-refractivity contribution in [2.24, 2.45) is 17.9 Å². The molecule has 4 N–H and O–H groups in total. The molecule has 112 valence electrons. The van der Waals surface area contributed by atoms with Crippen molar-refractivity contribution in [3.63, 3.8) is 0 Å². The van der Waals surface area contributed by atoms with Crippen LogP contribution in [0, 0.1) is 0 Å². The number of sulfonamides is 1. The molecule has 0 aromatic carbocycles. The van der Waals surface area contributed by atoms with Gasteiger partial charge in [0.05, 0.1) is 17.0 Å². The number of ether oxygens (including phenoxy) is 1. The van der Waals surface area contributed by atoms with Crippen LogP contribution >= 0.6 is 0 Å². The number of oxime groups is 1. The van der Waals surface area contributed by atoms with E-state index in [0.717, 1.165) is 0 Å². The molecular weight excluding hydrogens is 286 g/mol. The fraction of sp³-hybridized carbons (Fsp3) is 0.600. The first-order chi connectivity index (χ1) is 9.45. The predicted octanol–water partition coefficient (Wildman–Crippen LogP) is -0.565. The second kappa shape index (κ2) is 5.67. The summed E-state index contributed by atoms with van der Waals surface area (Å²) in [6.45, 7) is 0.841. The van der Waals surface area contributed by atoms with E-state index in [-0.39, 0.29) is 17.2 Å². The normalized spacial score (nSPS) is 18.1. The van der Waals surface area contributed by atoms with Crippen molar-refractivity contribution in [1.29, 1.82) is 0 Å². The van der Waals surface area contributed by atoms with E-state index < -0.39 is 15.3 Å². The first-order valence-electron chi connectivity index (χ1n) is 6.05. The lowest BCUT2D eigenvalue weighted by Gasteiger charge is -2.23. The quantitative estimate of drug-likeness (QED) is 0.295. The Morgan fingerprint density at radius 1 is 1.60 bits per heavy atom. The standard InChI is InChI=1S/C10H17N5O4S/c1-15-10(8(6-12-15)9(11)13-16)14-20(17,18)7-2-4-19-5-3-7/h6-7,14,16H,2-5H2,1H3,(H2,11,13). The maximum absolute atomic E-state index is 12.3. The van der Waals surface area contributed by atoms with E-state index in [1.807, 2.05) is 0 Å². The van der Waals surface area contributed by atoms with Crippen molar-refractivity contribution in [2.75, 3.05) is 17.9 Å². The minimum Gasteiger partial charge on any atom is -0.409 e. The summed E-state index contributed by atoms with van der Waals surface area (Å²) in [5.41, 5.74) is 5.73. The number of nitrogens with zero attached hydrogens (tertiary/aromatic N) is 3. The number of aromatic nitrogens is 2. The van der Waals surface area contributed by atoms with Gasteiger partial charge in [-0.15, -0.1) is 0 Å². The van der Waals surface area contributed by atoms with Gasteiger partial charge < -0.3 is 15.7 Å². The lowest BCUT2D eigenvalue weighted by Crippen LogP contribution is -2.34. The monoisotopic (exact) mass is 303 g/mol. The highest BCUT2D eigenvalue weighted by Gasteiger charge is 2.29. The topological polar surface area (TPSA) is 132 Å². The van der Waals surface area contributed by atoms with Gasteiger partial charge in [0.15, 0.2) is 5.84 Å². The van der Waals surface area contributed by atoms with E-state index >= 15 is 0 Å². The molecule has 20 heavy (non-hydrogen) atoms. The van der Waals surface area contributed by atoms with Crippen LogP contribution in [0.15, 0.2) is 11.4 Å². The molecule has 0 spiro atoms. The molecule has 2 rings (SSSR count). The smallest absolute Gasteiger partial charge is 0.236 e. The molecule has 2 heterocycles. The zero-order valence-electron chi connectivity index (χ0n) is 11.0. The summed E-state index contributed by atoms with van der Waals surface area (Å²) >= 11 is 0. The molecule has 0 bridgehead atoms. The van der Waals surface area contributed by atoms with Crippen LogP contribution in [0.1, 0.15) is 18.4 Å². The number of nitrogens with one attached hydrogen (secondary N) is 1. The molecule has 9 nitrogen and oxygen atoms in total. The van der Waals surface area contributed by atoms with Gasteiger partial charge in [0, 0.05) is 20.3 Å². The average molecular weight is 303 g/mol. The van der Waals surface area contributed by atoms with Gasteiger partial charge >= 0.3 is 0 Å². The lowest BCUT2D eigenvalue weighted by atomic mass is 10.2. The summed E-state index contributed by atoms with van der Waals surface area (Å²) in [6.07, 6.45) is 2.20. The number of aryl methyl sites for hydroxylation is 1. The number of rotatable bonds is 4. The third kappa shape index (κ3) is 2.85. The van der Waals surface area contributed by atoms with Gasteiger partial charge in [-0.25, -0.2) is 8.42 Å². The maximum Gasteiger partial charge on any atom is 0.236 e. The van der Waals surface area contributed by atoms with E-state index in [9.17, 15) is 8.42 Å². The predicted molar refractivity (Wildman–Crippen MR) is 72.1 cm³/mol. The highest BCUT2D eigenvalue weighted by molar-refractivity contribution is 7.93. The van der Waals surface area contributed by atoms with Crippen LogP contribution < -0.4 is 10.5 Å². The van der Waals surface area contributed by atoms with Crippen molar-refractivity contribution in [1.82, 2.24) is 9.78 Å². The molecule has 0 aliphatic carbocycles. The molecule has 1 aliphatic rings. The van der Waals surface area contributed by atoms with Crippen LogP contribution in [-0.2, 0) is 21.8 Å². The molecule has 0 unspecified atom stereocenters. The number of hydrogen-bond acceptors (Lipinski definition) is 6. The van der Waals surface area contributed by atoms with Crippen LogP contribution in [-0.4, -0.2) is 47.7 Å². The Labute approximate surface area is 116 Å². The Hall–Kier alpha value is -1.81. The Kier molecular flexibility index (Phi) is 4.14. The number of nitrogens with two attached hydrogens (primary N) is 1. The molecule has 0 amide bonds. The van der Waals surface area contributed by atoms with Crippen molar-refractivity contribution in [2.45, 2.75) is 18.1 Å². The second-order valence-corrected chi connectivity index (χ2v) is 6.44. The van der Waals surface area contributed by atoms with E-state index in [0.29, 0.717) is 26.1 Å². The van der Waals surface area contributed by atoms with Gasteiger partial charge in [-0.05, 0) is 12.8 Å². The van der Waals surface area contributed by atoms with Crippen LogP contribution in [0.5, 0.6) is 0 Å². The first kappa shape index (κ1) is 14.6. The van der Waals surface area contributed by atoms with E-state index in [1.54, 1.807) is 7.05 Å². The van der Waals surface area contributed by atoms with E-state index in [1.165, 1.54) is 10.9 Å². The Morgan fingerprint density at radius 3 is 2.85 bits per heavy atom. The Morgan fingerprint density at radius 2 is 2.25 bits per heavy atom. The van der Waals surface area contributed by atoms with Gasteiger partial charge in [0.1, 0.15) is 5.82 Å². The van der Waals surface area contributed by atoms with Crippen molar-refractivity contribution in [3.8, 4) is 0 Å². The van der Waals surface area contributed by atoms with Gasteiger partial charge in [-0.1, -0.05) is 5.16 Å². The lowest BCUT2D eigenvalue weighted by molar-refractivity contribution is 0.0984. The molecular formula is C10H17N5O4S. The zero-order chi connectivity index (χ0) is 14.8. The van der Waals surface area contributed by atoms with E-state index in [4.69, 9.17) is 15.7 Å². The fourth-order valence-electron chi connectivity index (χ4n) is 2.00. The Bertz CT molecular complexity index is 603. The van der Waals surface area contributed by atoms with E-state index in [2.05, 4.69) is 15.0 Å². The minimum atomic E-state index is -3.58. The molecule has 1 aromatic rings. The largest absolute Gasteiger partial charge is 0.409 e. The van der Waals surface area contributed by atoms with Crippen molar-refractivity contribution in [3.05, 3.63) is 11.8 Å². The molecule has 1 fully saturated rings. The number of anilines is 1. The molecule has 0 saturated carbocycles. The molecule has 1 aliphatic heterocycles. The third-order valence-corrected chi connectivity index (χ3v) is 5.00. The zero-order valence-corrected chi connectivity index (χ0v) is 11.8. The summed E-state index contributed by atoms with van der Waals surface area (Å²) < 4.78 is 33.6. The maximum atomic E-state index is 12.3. The second-order valence-electron chi connectivity index (χ2n) is 4.47. The molecule has 10 heteroatoms. The molecule has 1 saturated heterocycles. The summed E-state index contributed by atoms with van der Waals surface area (Å²) in [4.78, 5) is 0. The SMILES string of the molecule is Cn1ncc(C(N)=NO)c1NS(=O)(=O)C1CCOCC1. The highest BCUT2D eigenvalue weighted by Crippen LogP contribution is 2.21. The summed E-state index contributed by atoms with van der Waals surface area (Å²) in [6, 6.07) is 0. The summed E-state index contributed by atoms with van der Waals surface area (Å²) in [5, 5.41) is 14.9. The highest BCUT2D eigenvalue weighted by atomic mass is 32.2. The summed E-state index contributed by atoms with van der Waals surface area (Å²) in [5.74, 6) is -0.0328. The molecule has 1 aromatic heterocycles. The van der Waals surface area contributed by atoms with Crippen molar-refractivity contribution < 1.29 is 18.4 Å². The van der Waals surface area contributed by atoms with Gasteiger partial charge in [0.25, 0.3) is 0 Å². The van der Waals surface area contributed by atoms with Gasteiger partial charge in [-0.3, -0.25) is 9.40 Å². The number of hydrogen-bond donors (Lipinski definition) is 3. The summed E-state index contributed by atoms with van der Waals surface area (Å²) in [7, 11) is -2.01. The molecule has 0 atom stereocenters. The first-order valence-corrected chi connectivity index (χ1v) is 7.59.